The van der Waals surface area contributed by atoms with E-state index in [-0.39, 0.29) is 6.04 Å². The molecule has 1 aromatic rings. The van der Waals surface area contributed by atoms with E-state index < -0.39 is 11.8 Å². The lowest BCUT2D eigenvalue weighted by Crippen LogP contribution is -2.40. The highest BCUT2D eigenvalue weighted by molar-refractivity contribution is 6.39. The summed E-state index contributed by atoms with van der Waals surface area (Å²) in [5.41, 5.74) is 0.573. The van der Waals surface area contributed by atoms with Gasteiger partial charge in [-0.15, -0.1) is 0 Å². The van der Waals surface area contributed by atoms with Crippen molar-refractivity contribution in [3.63, 3.8) is 0 Å². The standard InChI is InChI=1S/C15H22N2O3/c1-5-10-20-13-8-6-12(7-9-13)16-14(18)15(19)17(4)11(2)3/h6-9,11H,5,10H2,1-4H3,(H,16,18). The lowest BCUT2D eigenvalue weighted by atomic mass is 10.3. The van der Waals surface area contributed by atoms with Crippen LogP contribution in [0.15, 0.2) is 24.3 Å². The molecule has 20 heavy (non-hydrogen) atoms. The minimum absolute atomic E-state index is 0.0157. The van der Waals surface area contributed by atoms with Crippen LogP contribution in [-0.2, 0) is 9.59 Å². The van der Waals surface area contributed by atoms with Crippen LogP contribution in [0.1, 0.15) is 27.2 Å². The first kappa shape index (κ1) is 16.0. The van der Waals surface area contributed by atoms with E-state index in [1.165, 1.54) is 4.90 Å². The van der Waals surface area contributed by atoms with Crippen LogP contribution in [0.25, 0.3) is 0 Å². The normalized spacial score (nSPS) is 10.2. The summed E-state index contributed by atoms with van der Waals surface area (Å²) in [5, 5.41) is 2.58. The molecule has 5 heteroatoms. The van der Waals surface area contributed by atoms with Gasteiger partial charge in [-0.1, -0.05) is 6.92 Å². The van der Waals surface area contributed by atoms with Gasteiger partial charge < -0.3 is 15.0 Å². The number of likely N-dealkylation sites (N-methyl/N-ethyl adjacent to an activating group) is 1. The molecule has 0 spiro atoms. The number of benzene rings is 1. The monoisotopic (exact) mass is 278 g/mol. The molecule has 0 saturated carbocycles. The average Bonchev–Trinajstić information content (AvgIpc) is 2.44. The van der Waals surface area contributed by atoms with Crippen molar-refractivity contribution in [2.45, 2.75) is 33.2 Å². The molecule has 0 bridgehead atoms. The Balaban J connectivity index is 2.60. The molecule has 0 heterocycles. The summed E-state index contributed by atoms with van der Waals surface area (Å²) < 4.78 is 5.44. The van der Waals surface area contributed by atoms with Gasteiger partial charge in [-0.25, -0.2) is 0 Å². The van der Waals surface area contributed by atoms with Gasteiger partial charge in [-0.3, -0.25) is 9.59 Å². The zero-order valence-corrected chi connectivity index (χ0v) is 12.5. The summed E-state index contributed by atoms with van der Waals surface area (Å²) in [4.78, 5) is 25.0. The summed E-state index contributed by atoms with van der Waals surface area (Å²) in [6.07, 6.45) is 0.939. The molecule has 0 aliphatic carbocycles. The molecule has 5 nitrogen and oxygen atoms in total. The SMILES string of the molecule is CCCOc1ccc(NC(=O)C(=O)N(C)C(C)C)cc1. The molecule has 1 rings (SSSR count). The van der Waals surface area contributed by atoms with Crippen LogP contribution < -0.4 is 10.1 Å². The fraction of sp³-hybridized carbons (Fsp3) is 0.467. The topological polar surface area (TPSA) is 58.6 Å². The summed E-state index contributed by atoms with van der Waals surface area (Å²) in [5.74, 6) is -0.440. The quantitative estimate of drug-likeness (QED) is 0.841. The maximum Gasteiger partial charge on any atom is 0.313 e. The fourth-order valence-electron chi connectivity index (χ4n) is 1.43. The predicted molar refractivity (Wildman–Crippen MR) is 78.8 cm³/mol. The lowest BCUT2D eigenvalue weighted by molar-refractivity contribution is -0.143. The van der Waals surface area contributed by atoms with Crippen LogP contribution in [0.5, 0.6) is 5.75 Å². The van der Waals surface area contributed by atoms with Crippen LogP contribution in [0.4, 0.5) is 5.69 Å². The van der Waals surface area contributed by atoms with Gasteiger partial charge in [0.15, 0.2) is 0 Å². The number of hydrogen-bond donors (Lipinski definition) is 1. The summed E-state index contributed by atoms with van der Waals surface area (Å²) in [6.45, 7) is 6.39. The van der Waals surface area contributed by atoms with E-state index in [9.17, 15) is 9.59 Å². The number of rotatable bonds is 5. The molecule has 0 atom stereocenters. The van der Waals surface area contributed by atoms with E-state index >= 15 is 0 Å². The molecule has 0 aromatic heterocycles. The first-order valence-corrected chi connectivity index (χ1v) is 6.76. The van der Waals surface area contributed by atoms with Crippen molar-refractivity contribution in [2.75, 3.05) is 19.0 Å². The summed E-state index contributed by atoms with van der Waals surface area (Å²) in [7, 11) is 1.61. The largest absolute Gasteiger partial charge is 0.494 e. The van der Waals surface area contributed by atoms with E-state index in [0.717, 1.165) is 12.2 Å². The third-order valence-electron chi connectivity index (χ3n) is 2.87. The van der Waals surface area contributed by atoms with E-state index in [2.05, 4.69) is 5.32 Å². The van der Waals surface area contributed by atoms with E-state index in [1.54, 1.807) is 31.3 Å². The van der Waals surface area contributed by atoms with Gasteiger partial charge >= 0.3 is 11.8 Å². The van der Waals surface area contributed by atoms with Crippen molar-refractivity contribution in [3.8, 4) is 5.75 Å². The molecule has 110 valence electrons. The number of nitrogens with one attached hydrogen (secondary N) is 1. The zero-order valence-electron chi connectivity index (χ0n) is 12.5. The Kier molecular flexibility index (Phi) is 6.03. The molecular weight excluding hydrogens is 256 g/mol. The second kappa shape index (κ2) is 7.53. The Bertz CT molecular complexity index is 455. The number of anilines is 1. The summed E-state index contributed by atoms with van der Waals surface area (Å²) in [6, 6.07) is 6.94. The lowest BCUT2D eigenvalue weighted by Gasteiger charge is -2.20. The Labute approximate surface area is 119 Å². The third-order valence-corrected chi connectivity index (χ3v) is 2.87. The molecule has 0 aliphatic heterocycles. The molecule has 0 fully saturated rings. The molecule has 0 saturated heterocycles. The van der Waals surface area contributed by atoms with Crippen LogP contribution >= 0.6 is 0 Å². The van der Waals surface area contributed by atoms with Crippen LogP contribution in [0.3, 0.4) is 0 Å². The first-order valence-electron chi connectivity index (χ1n) is 6.76. The van der Waals surface area contributed by atoms with Crippen molar-refractivity contribution in [3.05, 3.63) is 24.3 Å². The van der Waals surface area contributed by atoms with Crippen LogP contribution in [-0.4, -0.2) is 36.4 Å². The minimum atomic E-state index is -0.636. The Morgan fingerprint density at radius 3 is 2.35 bits per heavy atom. The second-order valence-corrected chi connectivity index (χ2v) is 4.84. The van der Waals surface area contributed by atoms with Gasteiger partial charge in [0.05, 0.1) is 6.61 Å². The Morgan fingerprint density at radius 1 is 1.25 bits per heavy atom. The van der Waals surface area contributed by atoms with Crippen molar-refractivity contribution in [1.82, 2.24) is 4.90 Å². The maximum atomic E-state index is 11.8. The van der Waals surface area contributed by atoms with Crippen LogP contribution in [0, 0.1) is 0 Å². The van der Waals surface area contributed by atoms with E-state index in [0.29, 0.717) is 12.3 Å². The van der Waals surface area contributed by atoms with E-state index in [1.807, 2.05) is 20.8 Å². The maximum absolute atomic E-state index is 11.8. The minimum Gasteiger partial charge on any atom is -0.494 e. The Morgan fingerprint density at radius 2 is 1.85 bits per heavy atom. The van der Waals surface area contributed by atoms with Crippen LogP contribution in [0.2, 0.25) is 0 Å². The third kappa shape index (κ3) is 4.57. The molecule has 0 unspecified atom stereocenters. The van der Waals surface area contributed by atoms with Gasteiger partial charge in [0.1, 0.15) is 5.75 Å². The molecule has 2 amide bonds. The van der Waals surface area contributed by atoms with Crippen molar-refractivity contribution in [2.24, 2.45) is 0 Å². The number of nitrogens with zero attached hydrogens (tertiary/aromatic N) is 1. The van der Waals surface area contributed by atoms with Gasteiger partial charge in [0.25, 0.3) is 0 Å². The highest BCUT2D eigenvalue weighted by atomic mass is 16.5. The number of amides is 2. The second-order valence-electron chi connectivity index (χ2n) is 4.84. The van der Waals surface area contributed by atoms with Gasteiger partial charge in [-0.2, -0.15) is 0 Å². The van der Waals surface area contributed by atoms with Gasteiger partial charge in [0.2, 0.25) is 0 Å². The first-order chi connectivity index (χ1) is 9.45. The predicted octanol–water partition coefficient (Wildman–Crippen LogP) is 2.28. The molecular formula is C15H22N2O3. The van der Waals surface area contributed by atoms with Crippen molar-refractivity contribution < 1.29 is 14.3 Å². The van der Waals surface area contributed by atoms with Gasteiger partial charge in [0, 0.05) is 18.8 Å². The number of ether oxygens (including phenoxy) is 1. The molecule has 1 aromatic carbocycles. The molecule has 0 radical (unpaired) electrons. The molecule has 1 N–H and O–H groups in total. The highest BCUT2D eigenvalue weighted by Gasteiger charge is 2.20. The average molecular weight is 278 g/mol. The number of hydrogen-bond acceptors (Lipinski definition) is 3. The smallest absolute Gasteiger partial charge is 0.313 e. The fourth-order valence-corrected chi connectivity index (χ4v) is 1.43. The van der Waals surface area contributed by atoms with Crippen molar-refractivity contribution >= 4 is 17.5 Å². The van der Waals surface area contributed by atoms with E-state index in [4.69, 9.17) is 4.74 Å². The highest BCUT2D eigenvalue weighted by Crippen LogP contribution is 2.16. The molecule has 0 aliphatic rings. The summed E-state index contributed by atoms with van der Waals surface area (Å²) >= 11 is 0. The number of carbonyl (C=O) groups is 2. The Hall–Kier alpha value is -2.04. The van der Waals surface area contributed by atoms with Gasteiger partial charge in [-0.05, 0) is 44.5 Å². The number of carbonyl (C=O) groups excluding carboxylic acids is 2. The van der Waals surface area contributed by atoms with Crippen molar-refractivity contribution in [1.29, 1.82) is 0 Å². The zero-order chi connectivity index (χ0) is 15.1.